The second kappa shape index (κ2) is 7.19. The number of ketones is 1. The van der Waals surface area contributed by atoms with Crippen molar-refractivity contribution < 1.29 is 9.59 Å². The summed E-state index contributed by atoms with van der Waals surface area (Å²) in [7, 11) is 0. The quantitative estimate of drug-likeness (QED) is 0.694. The van der Waals surface area contributed by atoms with Gasteiger partial charge in [-0.05, 0) is 38.0 Å². The highest BCUT2D eigenvalue weighted by Crippen LogP contribution is 2.25. The second-order valence-corrected chi connectivity index (χ2v) is 6.80. The fraction of sp³-hybridized carbons (Fsp3) is 0.300. The fourth-order valence-electron chi connectivity index (χ4n) is 3.36. The molecule has 2 aromatic heterocycles. The highest BCUT2D eigenvalue weighted by atomic mass is 16.2. The number of carbonyl (C=O) groups excluding carboxylic acids is 2. The van der Waals surface area contributed by atoms with Gasteiger partial charge in [0.2, 0.25) is 0 Å². The van der Waals surface area contributed by atoms with E-state index in [0.717, 1.165) is 43.0 Å². The van der Waals surface area contributed by atoms with E-state index < -0.39 is 0 Å². The lowest BCUT2D eigenvalue weighted by atomic mass is 10.1. The Kier molecular flexibility index (Phi) is 4.58. The maximum Gasteiger partial charge on any atom is 0.272 e. The van der Waals surface area contributed by atoms with E-state index in [0.29, 0.717) is 16.9 Å². The van der Waals surface area contributed by atoms with Gasteiger partial charge in [0.25, 0.3) is 5.91 Å². The summed E-state index contributed by atoms with van der Waals surface area (Å²) in [6.45, 7) is 2.39. The molecule has 3 aromatic rings. The summed E-state index contributed by atoms with van der Waals surface area (Å²) in [5.74, 6) is 1.49. The van der Waals surface area contributed by atoms with Crippen LogP contribution < -0.4 is 5.32 Å². The number of aromatic amines is 1. The second-order valence-electron chi connectivity index (χ2n) is 6.80. The van der Waals surface area contributed by atoms with Gasteiger partial charge >= 0.3 is 0 Å². The normalized spacial score (nSPS) is 13.7. The molecule has 1 aromatic carbocycles. The summed E-state index contributed by atoms with van der Waals surface area (Å²) in [6, 6.07) is 9.14. The van der Waals surface area contributed by atoms with Crippen LogP contribution in [0.5, 0.6) is 0 Å². The fourth-order valence-corrected chi connectivity index (χ4v) is 3.36. The first-order chi connectivity index (χ1) is 13.1. The summed E-state index contributed by atoms with van der Waals surface area (Å²) >= 11 is 0. The molecule has 1 aliphatic heterocycles. The van der Waals surface area contributed by atoms with Gasteiger partial charge in [-0.1, -0.05) is 18.6 Å². The molecule has 0 spiro atoms. The summed E-state index contributed by atoms with van der Waals surface area (Å²) in [5, 5.41) is 11.6. The zero-order valence-electron chi connectivity index (χ0n) is 15.2. The van der Waals surface area contributed by atoms with E-state index >= 15 is 0 Å². The van der Waals surface area contributed by atoms with Crippen LogP contribution in [0.1, 0.15) is 52.9 Å². The summed E-state index contributed by atoms with van der Waals surface area (Å²) in [4.78, 5) is 26.7. The van der Waals surface area contributed by atoms with Crippen LogP contribution in [0.25, 0.3) is 11.4 Å². The Morgan fingerprint density at radius 1 is 1.15 bits per heavy atom. The predicted octanol–water partition coefficient (Wildman–Crippen LogP) is 3.45. The molecule has 0 aliphatic carbocycles. The van der Waals surface area contributed by atoms with Crippen molar-refractivity contribution in [3.05, 3.63) is 53.6 Å². The van der Waals surface area contributed by atoms with Crippen molar-refractivity contribution in [2.45, 2.75) is 39.2 Å². The molecule has 7 heteroatoms. The maximum atomic E-state index is 12.4. The van der Waals surface area contributed by atoms with Crippen molar-refractivity contribution in [1.82, 2.24) is 19.7 Å². The SMILES string of the molecule is CC(=O)c1c[nH]c(C(=O)Nc2cccc(-c3nnc4n3CCCCC4)c2)c1. The zero-order valence-corrected chi connectivity index (χ0v) is 15.2. The molecule has 1 aliphatic rings. The Balaban J connectivity index is 1.57. The van der Waals surface area contributed by atoms with E-state index in [9.17, 15) is 9.59 Å². The number of H-pyrrole nitrogens is 1. The number of anilines is 1. The van der Waals surface area contributed by atoms with Gasteiger partial charge in [-0.3, -0.25) is 9.59 Å². The molecule has 0 saturated heterocycles. The standard InChI is InChI=1S/C20H21N5O2/c1-13(26)15-11-17(21-12-15)20(27)22-16-7-5-6-14(10-16)19-24-23-18-8-3-2-4-9-25(18)19/h5-7,10-12,21H,2-4,8-9H2,1H3,(H,22,27). The highest BCUT2D eigenvalue weighted by molar-refractivity contribution is 6.05. The predicted molar refractivity (Wildman–Crippen MR) is 102 cm³/mol. The smallest absolute Gasteiger partial charge is 0.272 e. The number of Topliss-reactive ketones (excluding diaryl/α,β-unsaturated/α-hetero) is 1. The van der Waals surface area contributed by atoms with Crippen LogP contribution in [0, 0.1) is 0 Å². The van der Waals surface area contributed by atoms with Gasteiger partial charge in [-0.2, -0.15) is 0 Å². The van der Waals surface area contributed by atoms with Crippen LogP contribution in [-0.2, 0) is 13.0 Å². The Morgan fingerprint density at radius 2 is 2.04 bits per heavy atom. The topological polar surface area (TPSA) is 92.7 Å². The molecule has 0 bridgehead atoms. The van der Waals surface area contributed by atoms with E-state index in [-0.39, 0.29) is 11.7 Å². The van der Waals surface area contributed by atoms with Gasteiger partial charge in [-0.25, -0.2) is 0 Å². The van der Waals surface area contributed by atoms with Crippen LogP contribution in [-0.4, -0.2) is 31.4 Å². The van der Waals surface area contributed by atoms with E-state index in [1.807, 2.05) is 24.3 Å². The number of nitrogens with one attached hydrogen (secondary N) is 2. The average molecular weight is 363 g/mol. The molecule has 4 rings (SSSR count). The first-order valence-corrected chi connectivity index (χ1v) is 9.15. The molecule has 0 unspecified atom stereocenters. The number of amides is 1. The zero-order chi connectivity index (χ0) is 18.8. The van der Waals surface area contributed by atoms with Crippen molar-refractivity contribution >= 4 is 17.4 Å². The van der Waals surface area contributed by atoms with Crippen LogP contribution in [0.4, 0.5) is 5.69 Å². The molecule has 1 amide bonds. The lowest BCUT2D eigenvalue weighted by molar-refractivity contribution is 0.101. The minimum absolute atomic E-state index is 0.0835. The summed E-state index contributed by atoms with van der Waals surface area (Å²) < 4.78 is 2.18. The molecule has 7 nitrogen and oxygen atoms in total. The minimum Gasteiger partial charge on any atom is -0.356 e. The molecule has 2 N–H and O–H groups in total. The summed E-state index contributed by atoms with van der Waals surface area (Å²) in [6.07, 6.45) is 5.97. The third-order valence-electron chi connectivity index (χ3n) is 4.82. The Hall–Kier alpha value is -3.22. The number of aromatic nitrogens is 4. The van der Waals surface area contributed by atoms with E-state index in [1.165, 1.54) is 13.3 Å². The number of hydrogen-bond acceptors (Lipinski definition) is 4. The maximum absolute atomic E-state index is 12.4. The number of fused-ring (bicyclic) bond motifs is 1. The summed E-state index contributed by atoms with van der Waals surface area (Å²) in [5.41, 5.74) is 2.42. The third-order valence-corrected chi connectivity index (χ3v) is 4.82. The number of nitrogens with zero attached hydrogens (tertiary/aromatic N) is 3. The molecule has 0 fully saturated rings. The van der Waals surface area contributed by atoms with Crippen LogP contribution in [0.2, 0.25) is 0 Å². The van der Waals surface area contributed by atoms with Gasteiger partial charge in [-0.15, -0.1) is 10.2 Å². The number of hydrogen-bond donors (Lipinski definition) is 2. The first-order valence-electron chi connectivity index (χ1n) is 9.15. The van der Waals surface area contributed by atoms with Crippen LogP contribution >= 0.6 is 0 Å². The van der Waals surface area contributed by atoms with Crippen molar-refractivity contribution in [3.63, 3.8) is 0 Å². The molecule has 27 heavy (non-hydrogen) atoms. The van der Waals surface area contributed by atoms with Crippen LogP contribution in [0.3, 0.4) is 0 Å². The van der Waals surface area contributed by atoms with Gasteiger partial charge in [0, 0.05) is 36.0 Å². The molecule has 138 valence electrons. The number of rotatable bonds is 4. The van der Waals surface area contributed by atoms with Gasteiger partial charge in [0.05, 0.1) is 0 Å². The lowest BCUT2D eigenvalue weighted by Crippen LogP contribution is -2.12. The molecular formula is C20H21N5O2. The van der Waals surface area contributed by atoms with Crippen molar-refractivity contribution in [1.29, 1.82) is 0 Å². The van der Waals surface area contributed by atoms with Gasteiger partial charge in [0.15, 0.2) is 11.6 Å². The minimum atomic E-state index is -0.292. The van der Waals surface area contributed by atoms with Gasteiger partial charge < -0.3 is 14.9 Å². The lowest BCUT2D eigenvalue weighted by Gasteiger charge is -2.09. The molecule has 3 heterocycles. The average Bonchev–Trinajstić information content (AvgIpc) is 3.24. The molecule has 0 radical (unpaired) electrons. The van der Waals surface area contributed by atoms with Crippen molar-refractivity contribution in [2.75, 3.05) is 5.32 Å². The first kappa shape index (κ1) is 17.2. The molecular weight excluding hydrogens is 342 g/mol. The third kappa shape index (κ3) is 3.53. The van der Waals surface area contributed by atoms with E-state index in [1.54, 1.807) is 12.3 Å². The molecule has 0 atom stereocenters. The van der Waals surface area contributed by atoms with E-state index in [4.69, 9.17) is 0 Å². The monoisotopic (exact) mass is 363 g/mol. The van der Waals surface area contributed by atoms with E-state index in [2.05, 4.69) is 25.1 Å². The Labute approximate surface area is 156 Å². The highest BCUT2D eigenvalue weighted by Gasteiger charge is 2.17. The molecule has 0 saturated carbocycles. The number of aryl methyl sites for hydroxylation is 1. The van der Waals surface area contributed by atoms with Crippen molar-refractivity contribution in [3.8, 4) is 11.4 Å². The number of carbonyl (C=O) groups is 2. The van der Waals surface area contributed by atoms with Gasteiger partial charge in [0.1, 0.15) is 11.5 Å². The largest absolute Gasteiger partial charge is 0.356 e. The van der Waals surface area contributed by atoms with Crippen LogP contribution in [0.15, 0.2) is 36.5 Å². The Morgan fingerprint density at radius 3 is 2.85 bits per heavy atom. The Bertz CT molecular complexity index is 1000. The van der Waals surface area contributed by atoms with Crippen molar-refractivity contribution in [2.24, 2.45) is 0 Å². The number of benzene rings is 1.